The highest BCUT2D eigenvalue weighted by molar-refractivity contribution is 6.31. The van der Waals surface area contributed by atoms with Gasteiger partial charge in [0.25, 0.3) is 5.91 Å². The van der Waals surface area contributed by atoms with Gasteiger partial charge in [-0.25, -0.2) is 4.68 Å². The summed E-state index contributed by atoms with van der Waals surface area (Å²) in [5.74, 6) is -0.534. The summed E-state index contributed by atoms with van der Waals surface area (Å²) >= 11 is 6.05. The van der Waals surface area contributed by atoms with Crippen molar-refractivity contribution in [2.75, 3.05) is 0 Å². The van der Waals surface area contributed by atoms with Crippen molar-refractivity contribution in [1.82, 2.24) is 9.78 Å². The molecule has 1 atom stereocenters. The van der Waals surface area contributed by atoms with E-state index >= 15 is 0 Å². The molecule has 0 aliphatic carbocycles. The third kappa shape index (κ3) is 2.37. The Morgan fingerprint density at radius 1 is 1.56 bits per heavy atom. The largest absolute Gasteiger partial charge is 0.389 e. The van der Waals surface area contributed by atoms with Crippen LogP contribution in [0.1, 0.15) is 28.9 Å². The lowest BCUT2D eigenvalue weighted by Gasteiger charge is -2.09. The van der Waals surface area contributed by atoms with E-state index in [2.05, 4.69) is 5.10 Å². The molecule has 2 aromatic rings. The van der Waals surface area contributed by atoms with Crippen LogP contribution in [0.5, 0.6) is 0 Å². The molecule has 1 amide bonds. The van der Waals surface area contributed by atoms with Crippen LogP contribution in [0.4, 0.5) is 0 Å². The highest BCUT2D eigenvalue weighted by Crippen LogP contribution is 2.25. The number of benzene rings is 1. The zero-order chi connectivity index (χ0) is 13.3. The predicted molar refractivity (Wildman–Crippen MR) is 67.7 cm³/mol. The van der Waals surface area contributed by atoms with Crippen molar-refractivity contribution in [3.63, 3.8) is 0 Å². The Morgan fingerprint density at radius 2 is 2.28 bits per heavy atom. The first kappa shape index (κ1) is 12.6. The monoisotopic (exact) mass is 265 g/mol. The Kier molecular flexibility index (Phi) is 3.36. The van der Waals surface area contributed by atoms with Crippen molar-refractivity contribution in [2.24, 2.45) is 5.73 Å². The van der Waals surface area contributed by atoms with E-state index in [4.69, 9.17) is 17.3 Å². The Hall–Kier alpha value is -1.85. The van der Waals surface area contributed by atoms with Gasteiger partial charge in [-0.3, -0.25) is 4.79 Å². The fourth-order valence-electron chi connectivity index (χ4n) is 1.59. The maximum atomic E-state index is 11.0. The van der Waals surface area contributed by atoms with E-state index in [-0.39, 0.29) is 0 Å². The number of carbonyl (C=O) groups excluding carboxylic acids is 1. The Labute approximate surface area is 109 Å². The van der Waals surface area contributed by atoms with Gasteiger partial charge in [-0.15, -0.1) is 0 Å². The van der Waals surface area contributed by atoms with Gasteiger partial charge in [-0.1, -0.05) is 17.7 Å². The van der Waals surface area contributed by atoms with Crippen LogP contribution in [-0.2, 0) is 0 Å². The first-order valence-electron chi connectivity index (χ1n) is 5.31. The molecular weight excluding hydrogens is 254 g/mol. The Morgan fingerprint density at radius 3 is 2.78 bits per heavy atom. The molecule has 5 nitrogen and oxygen atoms in total. The quantitative estimate of drug-likeness (QED) is 0.886. The zero-order valence-electron chi connectivity index (χ0n) is 9.67. The number of aromatic nitrogens is 2. The van der Waals surface area contributed by atoms with Crippen molar-refractivity contribution >= 4 is 17.5 Å². The third-order valence-electron chi connectivity index (χ3n) is 2.57. The summed E-state index contributed by atoms with van der Waals surface area (Å²) in [4.78, 5) is 11.0. The van der Waals surface area contributed by atoms with E-state index in [1.54, 1.807) is 25.1 Å². The van der Waals surface area contributed by atoms with Crippen LogP contribution in [0.15, 0.2) is 30.6 Å². The summed E-state index contributed by atoms with van der Waals surface area (Å²) in [5.41, 5.74) is 6.81. The Bertz CT molecular complexity index is 593. The summed E-state index contributed by atoms with van der Waals surface area (Å²) in [6, 6.07) is 5.14. The van der Waals surface area contributed by atoms with Crippen molar-refractivity contribution < 1.29 is 9.90 Å². The molecule has 18 heavy (non-hydrogen) atoms. The van der Waals surface area contributed by atoms with Gasteiger partial charge < -0.3 is 10.8 Å². The SMILES string of the molecule is CC(O)c1ccc(-n2cc(C(N)=O)cn2)cc1Cl. The van der Waals surface area contributed by atoms with Gasteiger partial charge in [-0.2, -0.15) is 5.10 Å². The molecule has 2 rings (SSSR count). The maximum absolute atomic E-state index is 11.0. The first-order chi connectivity index (χ1) is 8.49. The highest BCUT2D eigenvalue weighted by atomic mass is 35.5. The molecule has 0 saturated carbocycles. The van der Waals surface area contributed by atoms with Gasteiger partial charge in [0.15, 0.2) is 0 Å². The van der Waals surface area contributed by atoms with Crippen molar-refractivity contribution in [3.05, 3.63) is 46.7 Å². The number of primary amides is 1. The smallest absolute Gasteiger partial charge is 0.251 e. The lowest BCUT2D eigenvalue weighted by molar-refractivity contribution is 0.100. The van der Waals surface area contributed by atoms with E-state index in [0.717, 1.165) is 0 Å². The summed E-state index contributed by atoms with van der Waals surface area (Å²) in [5, 5.41) is 13.9. The van der Waals surface area contributed by atoms with Crippen molar-refractivity contribution in [3.8, 4) is 5.69 Å². The molecule has 0 saturated heterocycles. The van der Waals surface area contributed by atoms with Crippen LogP contribution in [0, 0.1) is 0 Å². The topological polar surface area (TPSA) is 81.1 Å². The molecule has 1 heterocycles. The molecule has 6 heteroatoms. The fraction of sp³-hybridized carbons (Fsp3) is 0.167. The number of nitrogens with two attached hydrogens (primary N) is 1. The molecule has 94 valence electrons. The van der Waals surface area contributed by atoms with Crippen LogP contribution in [0.25, 0.3) is 5.69 Å². The second-order valence-electron chi connectivity index (χ2n) is 3.92. The van der Waals surface area contributed by atoms with E-state index in [0.29, 0.717) is 21.8 Å². The highest BCUT2D eigenvalue weighted by Gasteiger charge is 2.09. The molecule has 0 fully saturated rings. The average molecular weight is 266 g/mol. The van der Waals surface area contributed by atoms with Gasteiger partial charge >= 0.3 is 0 Å². The molecule has 0 aliphatic heterocycles. The molecule has 0 aliphatic rings. The summed E-state index contributed by atoms with van der Waals surface area (Å²) in [6.07, 6.45) is 2.28. The summed E-state index contributed by atoms with van der Waals surface area (Å²) in [7, 11) is 0. The molecule has 0 spiro atoms. The van der Waals surface area contributed by atoms with E-state index < -0.39 is 12.0 Å². The lowest BCUT2D eigenvalue weighted by Crippen LogP contribution is -2.09. The van der Waals surface area contributed by atoms with Crippen LogP contribution in [0.3, 0.4) is 0 Å². The van der Waals surface area contributed by atoms with Crippen LogP contribution in [0.2, 0.25) is 5.02 Å². The van der Waals surface area contributed by atoms with E-state index in [1.807, 2.05) is 0 Å². The number of aliphatic hydroxyl groups is 1. The van der Waals surface area contributed by atoms with Gasteiger partial charge in [0.1, 0.15) is 0 Å². The predicted octanol–water partition coefficient (Wildman–Crippen LogP) is 1.68. The van der Waals surface area contributed by atoms with Crippen LogP contribution in [-0.4, -0.2) is 20.8 Å². The van der Waals surface area contributed by atoms with Crippen LogP contribution < -0.4 is 5.73 Å². The normalized spacial score (nSPS) is 12.4. The summed E-state index contributed by atoms with van der Waals surface area (Å²) < 4.78 is 1.50. The number of nitrogens with zero attached hydrogens (tertiary/aromatic N) is 2. The van der Waals surface area contributed by atoms with E-state index in [1.165, 1.54) is 17.1 Å². The lowest BCUT2D eigenvalue weighted by atomic mass is 10.1. The minimum absolute atomic E-state index is 0.325. The van der Waals surface area contributed by atoms with Crippen molar-refractivity contribution in [1.29, 1.82) is 0 Å². The molecule has 3 N–H and O–H groups in total. The van der Waals surface area contributed by atoms with E-state index in [9.17, 15) is 9.90 Å². The number of amides is 1. The number of carbonyl (C=O) groups is 1. The van der Waals surface area contributed by atoms with Gasteiger partial charge in [0, 0.05) is 11.2 Å². The van der Waals surface area contributed by atoms with Gasteiger partial charge in [-0.05, 0) is 24.6 Å². The number of rotatable bonds is 3. The molecular formula is C12H12ClN3O2. The van der Waals surface area contributed by atoms with Crippen LogP contribution >= 0.6 is 11.6 Å². The number of hydrogen-bond acceptors (Lipinski definition) is 3. The number of aliphatic hydroxyl groups excluding tert-OH is 1. The number of halogens is 1. The second-order valence-corrected chi connectivity index (χ2v) is 4.33. The minimum Gasteiger partial charge on any atom is -0.389 e. The molecule has 1 aromatic heterocycles. The minimum atomic E-state index is -0.634. The third-order valence-corrected chi connectivity index (χ3v) is 2.89. The first-order valence-corrected chi connectivity index (χ1v) is 5.69. The standard InChI is InChI=1S/C12H12ClN3O2/c1-7(17)10-3-2-9(4-11(10)13)16-6-8(5-15-16)12(14)18/h2-7,17H,1H3,(H2,14,18). The second kappa shape index (κ2) is 4.80. The molecule has 1 aromatic carbocycles. The molecule has 0 bridgehead atoms. The zero-order valence-corrected chi connectivity index (χ0v) is 10.4. The molecule has 0 radical (unpaired) electrons. The maximum Gasteiger partial charge on any atom is 0.251 e. The number of hydrogen-bond donors (Lipinski definition) is 2. The van der Waals surface area contributed by atoms with Gasteiger partial charge in [0.05, 0.1) is 23.6 Å². The average Bonchev–Trinajstić information content (AvgIpc) is 2.77. The Balaban J connectivity index is 2.39. The molecule has 1 unspecified atom stereocenters. The fourth-order valence-corrected chi connectivity index (χ4v) is 1.92. The van der Waals surface area contributed by atoms with Gasteiger partial charge in [0.2, 0.25) is 0 Å². The summed E-state index contributed by atoms with van der Waals surface area (Å²) in [6.45, 7) is 1.64. The van der Waals surface area contributed by atoms with Crippen molar-refractivity contribution in [2.45, 2.75) is 13.0 Å².